The molecule has 3 aromatic carbocycles. The molecule has 0 aliphatic carbocycles. The number of nitro groups is 1. The first-order valence-electron chi connectivity index (χ1n) is 9.74. The van der Waals surface area contributed by atoms with Crippen LogP contribution in [0.4, 0.5) is 17.1 Å². The maximum absolute atomic E-state index is 12.5. The first-order valence-corrected chi connectivity index (χ1v) is 11.6. The largest absolute Gasteiger partial charge is 0.322 e. The van der Waals surface area contributed by atoms with E-state index in [2.05, 4.69) is 5.32 Å². The molecular weight excluding hydrogens is 430 g/mol. The van der Waals surface area contributed by atoms with Crippen molar-refractivity contribution in [2.45, 2.75) is 20.4 Å². The topological polar surface area (TPSA) is 110 Å². The summed E-state index contributed by atoms with van der Waals surface area (Å²) in [4.78, 5) is 22.9. The Hall–Kier alpha value is -3.72. The third kappa shape index (κ3) is 5.50. The molecule has 0 saturated heterocycles. The molecule has 0 bridgehead atoms. The van der Waals surface area contributed by atoms with Gasteiger partial charge in [-0.15, -0.1) is 0 Å². The highest BCUT2D eigenvalue weighted by atomic mass is 32.2. The van der Waals surface area contributed by atoms with Crippen molar-refractivity contribution in [3.63, 3.8) is 0 Å². The van der Waals surface area contributed by atoms with Crippen LogP contribution in [-0.2, 0) is 16.6 Å². The number of nitrogens with one attached hydrogen (secondary N) is 1. The van der Waals surface area contributed by atoms with E-state index in [1.807, 2.05) is 32.0 Å². The molecule has 9 heteroatoms. The maximum Gasteiger partial charge on any atom is 0.271 e. The van der Waals surface area contributed by atoms with Gasteiger partial charge in [0, 0.05) is 23.4 Å². The standard InChI is InChI=1S/C23H23N3O5S/c1-16-7-8-17(2)22(13-16)25(32(3,30)31)15-18-9-11-19(12-10-18)23(27)24-20-5-4-6-21(14-20)26(28)29/h4-14H,15H2,1-3H3,(H,24,27). The number of sulfonamides is 1. The lowest BCUT2D eigenvalue weighted by molar-refractivity contribution is -0.384. The van der Waals surface area contributed by atoms with Gasteiger partial charge >= 0.3 is 0 Å². The number of carbonyl (C=O) groups excluding carboxylic acids is 1. The first kappa shape index (κ1) is 23.0. The lowest BCUT2D eigenvalue weighted by Gasteiger charge is -2.25. The fourth-order valence-corrected chi connectivity index (χ4v) is 4.13. The van der Waals surface area contributed by atoms with E-state index >= 15 is 0 Å². The van der Waals surface area contributed by atoms with E-state index in [0.29, 0.717) is 22.5 Å². The molecule has 8 nitrogen and oxygen atoms in total. The Morgan fingerprint density at radius 2 is 1.72 bits per heavy atom. The van der Waals surface area contributed by atoms with Crippen LogP contribution < -0.4 is 9.62 Å². The Kier molecular flexibility index (Phi) is 6.59. The van der Waals surface area contributed by atoms with Crippen LogP contribution in [0.5, 0.6) is 0 Å². The molecule has 0 unspecified atom stereocenters. The first-order chi connectivity index (χ1) is 15.0. The summed E-state index contributed by atoms with van der Waals surface area (Å²) in [6, 6.07) is 17.9. The fourth-order valence-electron chi connectivity index (χ4n) is 3.20. The zero-order valence-corrected chi connectivity index (χ0v) is 18.7. The smallest absolute Gasteiger partial charge is 0.271 e. The highest BCUT2D eigenvalue weighted by Crippen LogP contribution is 2.26. The number of hydrogen-bond donors (Lipinski definition) is 1. The molecular formula is C23H23N3O5S. The monoisotopic (exact) mass is 453 g/mol. The zero-order valence-electron chi connectivity index (χ0n) is 17.9. The van der Waals surface area contributed by atoms with E-state index in [-0.39, 0.29) is 12.2 Å². The van der Waals surface area contributed by atoms with Crippen molar-refractivity contribution in [2.24, 2.45) is 0 Å². The molecule has 0 aromatic heterocycles. The summed E-state index contributed by atoms with van der Waals surface area (Å²) < 4.78 is 26.3. The molecule has 3 rings (SSSR count). The van der Waals surface area contributed by atoms with Crippen LogP contribution in [0.25, 0.3) is 0 Å². The Labute approximate surface area is 186 Å². The second-order valence-corrected chi connectivity index (χ2v) is 9.42. The van der Waals surface area contributed by atoms with Crippen LogP contribution in [0, 0.1) is 24.0 Å². The summed E-state index contributed by atoms with van der Waals surface area (Å²) in [6.45, 7) is 3.88. The van der Waals surface area contributed by atoms with Crippen LogP contribution in [0.2, 0.25) is 0 Å². The molecule has 0 atom stereocenters. The van der Waals surface area contributed by atoms with Crippen molar-refractivity contribution in [3.8, 4) is 0 Å². The number of aryl methyl sites for hydroxylation is 2. The average Bonchev–Trinajstić information content (AvgIpc) is 2.73. The number of anilines is 2. The van der Waals surface area contributed by atoms with Gasteiger partial charge in [0.2, 0.25) is 10.0 Å². The molecule has 32 heavy (non-hydrogen) atoms. The Morgan fingerprint density at radius 1 is 1.03 bits per heavy atom. The Balaban J connectivity index is 1.79. The molecule has 166 valence electrons. The number of nitrogens with zero attached hydrogens (tertiary/aromatic N) is 2. The predicted molar refractivity (Wildman–Crippen MR) is 124 cm³/mol. The third-order valence-corrected chi connectivity index (χ3v) is 6.02. The number of benzene rings is 3. The number of carbonyl (C=O) groups is 1. The van der Waals surface area contributed by atoms with Gasteiger partial charge in [-0.2, -0.15) is 0 Å². The second kappa shape index (κ2) is 9.19. The van der Waals surface area contributed by atoms with Crippen LogP contribution in [-0.4, -0.2) is 25.5 Å². The molecule has 0 aliphatic rings. The van der Waals surface area contributed by atoms with Crippen molar-refractivity contribution in [1.82, 2.24) is 0 Å². The van der Waals surface area contributed by atoms with Gasteiger partial charge in [-0.25, -0.2) is 8.42 Å². The number of non-ortho nitro benzene ring substituents is 1. The number of hydrogen-bond acceptors (Lipinski definition) is 5. The van der Waals surface area contributed by atoms with Gasteiger partial charge in [-0.3, -0.25) is 19.2 Å². The molecule has 1 N–H and O–H groups in total. The molecule has 0 saturated carbocycles. The minimum absolute atomic E-state index is 0.120. The fraction of sp³-hybridized carbons (Fsp3) is 0.174. The van der Waals surface area contributed by atoms with E-state index in [1.54, 1.807) is 30.3 Å². The van der Waals surface area contributed by atoms with Crippen molar-refractivity contribution >= 4 is 33.0 Å². The second-order valence-electron chi connectivity index (χ2n) is 7.52. The van der Waals surface area contributed by atoms with Gasteiger partial charge in [0.15, 0.2) is 0 Å². The van der Waals surface area contributed by atoms with Gasteiger partial charge < -0.3 is 5.32 Å². The van der Waals surface area contributed by atoms with E-state index in [9.17, 15) is 23.3 Å². The lowest BCUT2D eigenvalue weighted by Crippen LogP contribution is -2.30. The normalized spacial score (nSPS) is 11.1. The summed E-state index contributed by atoms with van der Waals surface area (Å²) in [7, 11) is -3.53. The molecule has 0 aliphatic heterocycles. The lowest BCUT2D eigenvalue weighted by atomic mass is 10.1. The summed E-state index contributed by atoms with van der Waals surface area (Å²) in [5.74, 6) is -0.424. The highest BCUT2D eigenvalue weighted by Gasteiger charge is 2.20. The molecule has 0 radical (unpaired) electrons. The molecule has 0 heterocycles. The van der Waals surface area contributed by atoms with Gasteiger partial charge in [0.1, 0.15) is 0 Å². The van der Waals surface area contributed by atoms with Gasteiger partial charge in [0.05, 0.1) is 23.4 Å². The summed E-state index contributed by atoms with van der Waals surface area (Å²) in [5, 5.41) is 13.5. The minimum Gasteiger partial charge on any atom is -0.322 e. The van der Waals surface area contributed by atoms with Crippen molar-refractivity contribution in [2.75, 3.05) is 15.9 Å². The number of nitro benzene ring substituents is 1. The number of rotatable bonds is 7. The Morgan fingerprint density at radius 3 is 2.34 bits per heavy atom. The van der Waals surface area contributed by atoms with Crippen molar-refractivity contribution < 1.29 is 18.1 Å². The van der Waals surface area contributed by atoms with Gasteiger partial charge in [0.25, 0.3) is 11.6 Å². The van der Waals surface area contributed by atoms with Crippen LogP contribution in [0.3, 0.4) is 0 Å². The van der Waals surface area contributed by atoms with Gasteiger partial charge in [-0.05, 0) is 54.8 Å². The SMILES string of the molecule is Cc1ccc(C)c(N(Cc2ccc(C(=O)Nc3cccc([N+](=O)[O-])c3)cc2)S(C)(=O)=O)c1. The maximum atomic E-state index is 12.5. The van der Waals surface area contributed by atoms with Crippen LogP contribution >= 0.6 is 0 Å². The molecule has 0 fully saturated rings. The van der Waals surface area contributed by atoms with Crippen LogP contribution in [0.15, 0.2) is 66.7 Å². The van der Waals surface area contributed by atoms with Gasteiger partial charge in [-0.1, -0.05) is 30.3 Å². The third-order valence-electron chi connectivity index (χ3n) is 4.89. The van der Waals surface area contributed by atoms with Crippen LogP contribution in [0.1, 0.15) is 27.0 Å². The highest BCUT2D eigenvalue weighted by molar-refractivity contribution is 7.92. The van der Waals surface area contributed by atoms with E-state index in [1.165, 1.54) is 22.5 Å². The quantitative estimate of drug-likeness (QED) is 0.420. The molecule has 0 spiro atoms. The van der Waals surface area contributed by atoms with Crippen molar-refractivity contribution in [3.05, 3.63) is 99.1 Å². The predicted octanol–water partition coefficient (Wildman–Crippen LogP) is 4.43. The summed E-state index contributed by atoms with van der Waals surface area (Å²) in [5.41, 5.74) is 3.65. The number of amides is 1. The summed E-state index contributed by atoms with van der Waals surface area (Å²) in [6.07, 6.45) is 1.16. The van der Waals surface area contributed by atoms with E-state index in [4.69, 9.17) is 0 Å². The van der Waals surface area contributed by atoms with E-state index < -0.39 is 20.9 Å². The minimum atomic E-state index is -3.53. The molecule has 3 aromatic rings. The van der Waals surface area contributed by atoms with Crippen molar-refractivity contribution in [1.29, 1.82) is 0 Å². The summed E-state index contributed by atoms with van der Waals surface area (Å²) >= 11 is 0. The van der Waals surface area contributed by atoms with E-state index in [0.717, 1.165) is 17.4 Å². The molecule has 1 amide bonds. The average molecular weight is 454 g/mol. The zero-order chi connectivity index (χ0) is 23.5. The Bertz CT molecular complexity index is 1270.